The molecule has 1 heterocycles. The van der Waals surface area contributed by atoms with Crippen LogP contribution in [-0.2, 0) is 9.53 Å². The van der Waals surface area contributed by atoms with E-state index in [2.05, 4.69) is 9.97 Å². The van der Waals surface area contributed by atoms with Crippen molar-refractivity contribution in [3.05, 3.63) is 42.5 Å². The fraction of sp³-hybridized carbons (Fsp3) is 0.300. The van der Waals surface area contributed by atoms with Gasteiger partial charge in [-0.2, -0.15) is 0 Å². The third-order valence-corrected chi connectivity index (χ3v) is 3.83. The van der Waals surface area contributed by atoms with Gasteiger partial charge in [0.05, 0.1) is 24.2 Å². The molecule has 0 radical (unpaired) electrons. The molecule has 0 amide bonds. The number of carbonyl (C=O) groups excluding carboxylic acids is 1. The minimum Gasteiger partial charge on any atom is -0.490 e. The zero-order valence-corrected chi connectivity index (χ0v) is 15.1. The van der Waals surface area contributed by atoms with Crippen LogP contribution in [0.4, 0.5) is 0 Å². The van der Waals surface area contributed by atoms with E-state index in [4.69, 9.17) is 14.2 Å². The summed E-state index contributed by atoms with van der Waals surface area (Å²) in [4.78, 5) is 19.7. The topological polar surface area (TPSA) is 73.4 Å². The molecule has 1 unspecified atom stereocenters. The van der Waals surface area contributed by atoms with Crippen molar-refractivity contribution in [2.24, 2.45) is 0 Å². The second kappa shape index (κ2) is 7.91. The molecule has 6 nitrogen and oxygen atoms in total. The molecular weight excluding hydrogens is 332 g/mol. The smallest absolute Gasteiger partial charge is 0.347 e. The second-order valence-corrected chi connectivity index (χ2v) is 5.71. The fourth-order valence-corrected chi connectivity index (χ4v) is 2.61. The van der Waals surface area contributed by atoms with Gasteiger partial charge in [0.1, 0.15) is 5.82 Å². The first kappa shape index (κ1) is 17.8. The number of H-pyrrole nitrogens is 1. The van der Waals surface area contributed by atoms with Gasteiger partial charge in [0.2, 0.25) is 0 Å². The van der Waals surface area contributed by atoms with Crippen molar-refractivity contribution in [1.82, 2.24) is 9.97 Å². The Morgan fingerprint density at radius 3 is 2.65 bits per heavy atom. The van der Waals surface area contributed by atoms with Crippen LogP contribution in [0.3, 0.4) is 0 Å². The first-order chi connectivity index (χ1) is 12.6. The quantitative estimate of drug-likeness (QED) is 0.650. The Morgan fingerprint density at radius 1 is 1.12 bits per heavy atom. The lowest BCUT2D eigenvalue weighted by molar-refractivity contribution is -0.150. The van der Waals surface area contributed by atoms with Crippen LogP contribution in [0.15, 0.2) is 42.5 Å². The Hall–Kier alpha value is -3.02. The first-order valence-corrected chi connectivity index (χ1v) is 8.67. The van der Waals surface area contributed by atoms with Crippen molar-refractivity contribution in [1.29, 1.82) is 0 Å². The van der Waals surface area contributed by atoms with Crippen molar-refractivity contribution in [3.63, 3.8) is 0 Å². The Bertz CT molecular complexity index is 871. The molecule has 3 aromatic rings. The number of nitrogens with one attached hydrogen (secondary N) is 1. The maximum atomic E-state index is 11.8. The Kier molecular flexibility index (Phi) is 5.41. The number of benzene rings is 2. The van der Waals surface area contributed by atoms with Crippen molar-refractivity contribution in [2.75, 3.05) is 13.2 Å². The number of hydrogen-bond acceptors (Lipinski definition) is 5. The highest BCUT2D eigenvalue weighted by Gasteiger charge is 2.19. The number of aromatic nitrogens is 2. The molecule has 0 saturated carbocycles. The summed E-state index contributed by atoms with van der Waals surface area (Å²) in [5, 5.41) is 0. The largest absolute Gasteiger partial charge is 0.490 e. The predicted octanol–water partition coefficient (Wildman–Crippen LogP) is 3.96. The van der Waals surface area contributed by atoms with Gasteiger partial charge in [0.25, 0.3) is 0 Å². The molecule has 0 bridgehead atoms. The van der Waals surface area contributed by atoms with Gasteiger partial charge < -0.3 is 19.2 Å². The van der Waals surface area contributed by atoms with E-state index < -0.39 is 12.1 Å². The molecule has 3 rings (SSSR count). The monoisotopic (exact) mass is 354 g/mol. The van der Waals surface area contributed by atoms with Crippen LogP contribution in [-0.4, -0.2) is 35.3 Å². The SMILES string of the molecule is CCOC(=O)C(C)Oc1ccc(-c2nc3ccccc3[nH]2)cc1OCC. The van der Waals surface area contributed by atoms with Crippen LogP contribution < -0.4 is 9.47 Å². The molecule has 136 valence electrons. The summed E-state index contributed by atoms with van der Waals surface area (Å²) < 4.78 is 16.4. The number of aromatic amines is 1. The molecule has 0 fully saturated rings. The van der Waals surface area contributed by atoms with Gasteiger partial charge in [-0.1, -0.05) is 12.1 Å². The van der Waals surface area contributed by atoms with Crippen LogP contribution in [0.5, 0.6) is 11.5 Å². The first-order valence-electron chi connectivity index (χ1n) is 8.67. The third-order valence-electron chi connectivity index (χ3n) is 3.83. The van der Waals surface area contributed by atoms with E-state index in [-0.39, 0.29) is 0 Å². The minimum atomic E-state index is -0.716. The Labute approximate surface area is 152 Å². The fourth-order valence-electron chi connectivity index (χ4n) is 2.61. The van der Waals surface area contributed by atoms with Gasteiger partial charge >= 0.3 is 5.97 Å². The number of rotatable bonds is 7. The summed E-state index contributed by atoms with van der Waals surface area (Å²) in [6, 6.07) is 13.4. The molecule has 0 saturated heterocycles. The van der Waals surface area contributed by atoms with E-state index in [1.165, 1.54) is 0 Å². The predicted molar refractivity (Wildman–Crippen MR) is 99.4 cm³/mol. The lowest BCUT2D eigenvalue weighted by atomic mass is 10.2. The summed E-state index contributed by atoms with van der Waals surface area (Å²) in [6.45, 7) is 6.11. The van der Waals surface area contributed by atoms with Gasteiger partial charge in [0.15, 0.2) is 17.6 Å². The molecule has 1 atom stereocenters. The molecule has 26 heavy (non-hydrogen) atoms. The summed E-state index contributed by atoms with van der Waals surface area (Å²) >= 11 is 0. The molecule has 0 spiro atoms. The Morgan fingerprint density at radius 2 is 1.92 bits per heavy atom. The van der Waals surface area contributed by atoms with Crippen LogP contribution in [0.1, 0.15) is 20.8 Å². The average Bonchev–Trinajstić information content (AvgIpc) is 3.07. The van der Waals surface area contributed by atoms with Gasteiger partial charge in [-0.3, -0.25) is 0 Å². The zero-order chi connectivity index (χ0) is 18.5. The highest BCUT2D eigenvalue weighted by molar-refractivity contribution is 5.79. The molecule has 6 heteroatoms. The summed E-state index contributed by atoms with van der Waals surface area (Å²) in [6.07, 6.45) is -0.716. The van der Waals surface area contributed by atoms with Crippen LogP contribution in [0.2, 0.25) is 0 Å². The van der Waals surface area contributed by atoms with Gasteiger partial charge in [0, 0.05) is 5.56 Å². The summed E-state index contributed by atoms with van der Waals surface area (Å²) in [5.74, 6) is 1.39. The Balaban J connectivity index is 1.89. The standard InChI is InChI=1S/C20H22N2O4/c1-4-24-18-12-14(19-21-15-8-6-7-9-16(15)22-19)10-11-17(18)26-13(3)20(23)25-5-2/h6-13H,4-5H2,1-3H3,(H,21,22). The van der Waals surface area contributed by atoms with E-state index in [9.17, 15) is 4.79 Å². The average molecular weight is 354 g/mol. The lowest BCUT2D eigenvalue weighted by Crippen LogP contribution is -2.26. The van der Waals surface area contributed by atoms with Crippen LogP contribution >= 0.6 is 0 Å². The number of ether oxygens (including phenoxy) is 3. The van der Waals surface area contributed by atoms with Gasteiger partial charge in [-0.15, -0.1) is 0 Å². The highest BCUT2D eigenvalue weighted by atomic mass is 16.6. The number of nitrogens with zero attached hydrogens (tertiary/aromatic N) is 1. The molecule has 0 aliphatic heterocycles. The summed E-state index contributed by atoms with van der Waals surface area (Å²) in [5.41, 5.74) is 2.74. The second-order valence-electron chi connectivity index (χ2n) is 5.71. The lowest BCUT2D eigenvalue weighted by Gasteiger charge is -2.17. The van der Waals surface area contributed by atoms with Crippen molar-refractivity contribution >= 4 is 17.0 Å². The molecule has 2 aromatic carbocycles. The number of fused-ring (bicyclic) bond motifs is 1. The minimum absolute atomic E-state index is 0.315. The summed E-state index contributed by atoms with van der Waals surface area (Å²) in [7, 11) is 0. The number of esters is 1. The molecule has 1 aromatic heterocycles. The molecule has 0 aliphatic rings. The zero-order valence-electron chi connectivity index (χ0n) is 15.1. The van der Waals surface area contributed by atoms with Crippen molar-refractivity contribution in [2.45, 2.75) is 26.9 Å². The van der Waals surface area contributed by atoms with Crippen molar-refractivity contribution in [3.8, 4) is 22.9 Å². The van der Waals surface area contributed by atoms with E-state index in [0.29, 0.717) is 24.7 Å². The number of para-hydroxylation sites is 2. The third kappa shape index (κ3) is 3.79. The number of imidazole rings is 1. The van der Waals surface area contributed by atoms with Crippen molar-refractivity contribution < 1.29 is 19.0 Å². The molecule has 0 aliphatic carbocycles. The van der Waals surface area contributed by atoms with Crippen LogP contribution in [0.25, 0.3) is 22.4 Å². The van der Waals surface area contributed by atoms with E-state index >= 15 is 0 Å². The molecular formula is C20H22N2O4. The van der Waals surface area contributed by atoms with Gasteiger partial charge in [-0.25, -0.2) is 9.78 Å². The van der Waals surface area contributed by atoms with Crippen LogP contribution in [0, 0.1) is 0 Å². The van der Waals surface area contributed by atoms with E-state index in [1.54, 1.807) is 19.9 Å². The van der Waals surface area contributed by atoms with E-state index in [1.807, 2.05) is 43.3 Å². The number of carbonyl (C=O) groups is 1. The highest BCUT2D eigenvalue weighted by Crippen LogP contribution is 2.33. The molecule has 1 N–H and O–H groups in total. The normalized spacial score (nSPS) is 12.0. The maximum absolute atomic E-state index is 11.8. The van der Waals surface area contributed by atoms with E-state index in [0.717, 1.165) is 22.4 Å². The maximum Gasteiger partial charge on any atom is 0.347 e. The number of hydrogen-bond donors (Lipinski definition) is 1. The van der Waals surface area contributed by atoms with Gasteiger partial charge in [-0.05, 0) is 51.1 Å².